The van der Waals surface area contributed by atoms with Crippen molar-refractivity contribution in [2.75, 3.05) is 0 Å². The quantitative estimate of drug-likeness (QED) is 0.538. The van der Waals surface area contributed by atoms with E-state index in [0.29, 0.717) is 33.6 Å². The highest BCUT2D eigenvalue weighted by Gasteiger charge is 2.22. The van der Waals surface area contributed by atoms with Crippen molar-refractivity contribution >= 4 is 28.0 Å². The fraction of sp³-hybridized carbons (Fsp3) is 0.200. The van der Waals surface area contributed by atoms with Gasteiger partial charge in [-0.1, -0.05) is 5.92 Å². The van der Waals surface area contributed by atoms with Gasteiger partial charge in [0.05, 0.1) is 22.8 Å². The number of halogens is 1. The largest absolute Gasteiger partial charge is 0.344 e. The van der Waals surface area contributed by atoms with Gasteiger partial charge in [0.1, 0.15) is 22.7 Å². The van der Waals surface area contributed by atoms with E-state index in [1.807, 2.05) is 0 Å². The van der Waals surface area contributed by atoms with Crippen molar-refractivity contribution < 1.29 is 9.18 Å². The third kappa shape index (κ3) is 2.87. The highest BCUT2D eigenvalue weighted by Crippen LogP contribution is 2.28. The molecule has 0 radical (unpaired) electrons. The first kappa shape index (κ1) is 17.7. The Kier molecular flexibility index (Phi) is 3.89. The van der Waals surface area contributed by atoms with E-state index in [2.05, 4.69) is 31.3 Å². The second kappa shape index (κ2) is 6.16. The zero-order valence-electron chi connectivity index (χ0n) is 15.5. The lowest BCUT2D eigenvalue weighted by molar-refractivity contribution is 0.0931. The zero-order chi connectivity index (χ0) is 20.1. The van der Waals surface area contributed by atoms with Crippen molar-refractivity contribution in [3.05, 3.63) is 42.0 Å². The molecule has 3 heterocycles. The molecule has 0 saturated carbocycles. The Hall–Kier alpha value is -3.73. The number of aryl methyl sites for hydroxylation is 1. The number of aromatic amines is 1. The predicted octanol–water partition coefficient (Wildman–Crippen LogP) is 2.79. The van der Waals surface area contributed by atoms with Crippen LogP contribution in [-0.4, -0.2) is 36.2 Å². The van der Waals surface area contributed by atoms with E-state index in [1.165, 1.54) is 12.1 Å². The summed E-state index contributed by atoms with van der Waals surface area (Å²) in [5.41, 5.74) is 2.09. The second-order valence-electron chi connectivity index (χ2n) is 7.01. The van der Waals surface area contributed by atoms with Gasteiger partial charge < -0.3 is 10.3 Å². The van der Waals surface area contributed by atoms with Crippen LogP contribution in [0.15, 0.2) is 30.6 Å². The van der Waals surface area contributed by atoms with E-state index >= 15 is 0 Å². The number of nitrogens with one attached hydrogen (secondary N) is 2. The molecule has 0 fully saturated rings. The molecule has 140 valence electrons. The van der Waals surface area contributed by atoms with Crippen LogP contribution in [0.4, 0.5) is 4.39 Å². The molecule has 28 heavy (non-hydrogen) atoms. The molecule has 1 amide bonds. The summed E-state index contributed by atoms with van der Waals surface area (Å²) in [6.07, 6.45) is 8.56. The number of carbonyl (C=O) groups is 1. The first-order valence-electron chi connectivity index (χ1n) is 8.56. The molecule has 0 bridgehead atoms. The van der Waals surface area contributed by atoms with Crippen LogP contribution in [0.3, 0.4) is 0 Å². The Bertz CT molecular complexity index is 1280. The average molecular weight is 376 g/mol. The van der Waals surface area contributed by atoms with Crippen LogP contribution in [0, 0.1) is 18.2 Å². The number of nitrogens with zero attached hydrogens (tertiary/aromatic N) is 4. The molecular weight excluding hydrogens is 359 g/mol. The van der Waals surface area contributed by atoms with Gasteiger partial charge in [-0.05, 0) is 32.0 Å². The fourth-order valence-corrected chi connectivity index (χ4v) is 2.99. The topological polar surface area (TPSA) is 88.5 Å². The van der Waals surface area contributed by atoms with Gasteiger partial charge in [-0.15, -0.1) is 6.42 Å². The van der Waals surface area contributed by atoms with Crippen LogP contribution in [0.5, 0.6) is 0 Å². The van der Waals surface area contributed by atoms with E-state index in [-0.39, 0.29) is 11.7 Å². The van der Waals surface area contributed by atoms with Crippen LogP contribution in [-0.2, 0) is 7.05 Å². The smallest absolute Gasteiger partial charge is 0.256 e. The van der Waals surface area contributed by atoms with E-state index in [9.17, 15) is 9.18 Å². The number of aromatic nitrogens is 5. The van der Waals surface area contributed by atoms with Crippen LogP contribution in [0.2, 0.25) is 0 Å². The lowest BCUT2D eigenvalue weighted by Crippen LogP contribution is -2.42. The Balaban J connectivity index is 1.83. The molecule has 1 aromatic carbocycles. The molecule has 2 N–H and O–H groups in total. The molecule has 0 unspecified atom stereocenters. The standard InChI is InChI=1S/C20H17FN6O/c1-5-20(2,3)25-19(28)13-9-22-18-17(13)24-14(10-23-18)16-12-7-6-11(21)8-15(12)27(4)26-16/h1,6-10H,2-4H3,(H,22,23)(H,25,28). The number of carbonyl (C=O) groups excluding carboxylic acids is 1. The van der Waals surface area contributed by atoms with Gasteiger partial charge in [0, 0.05) is 18.6 Å². The van der Waals surface area contributed by atoms with E-state index < -0.39 is 5.54 Å². The summed E-state index contributed by atoms with van der Waals surface area (Å²) in [6.45, 7) is 3.46. The maximum atomic E-state index is 13.6. The second-order valence-corrected chi connectivity index (χ2v) is 7.01. The van der Waals surface area contributed by atoms with Crippen molar-refractivity contribution in [1.82, 2.24) is 30.0 Å². The van der Waals surface area contributed by atoms with Gasteiger partial charge in [-0.25, -0.2) is 14.4 Å². The first-order chi connectivity index (χ1) is 13.3. The maximum Gasteiger partial charge on any atom is 0.256 e. The lowest BCUT2D eigenvalue weighted by atomic mass is 10.1. The minimum atomic E-state index is -0.799. The SMILES string of the molecule is C#CC(C)(C)NC(=O)c1c[nH]c2ncc(-c3nn(C)c4cc(F)ccc34)nc12. The summed E-state index contributed by atoms with van der Waals surface area (Å²) in [4.78, 5) is 24.5. The van der Waals surface area contributed by atoms with Gasteiger partial charge in [-0.2, -0.15) is 5.10 Å². The monoisotopic (exact) mass is 376 g/mol. The normalized spacial score (nSPS) is 11.7. The summed E-state index contributed by atoms with van der Waals surface area (Å²) < 4.78 is 15.2. The van der Waals surface area contributed by atoms with Gasteiger partial charge in [0.2, 0.25) is 0 Å². The Morgan fingerprint density at radius 3 is 2.93 bits per heavy atom. The Labute approximate surface area is 160 Å². The number of benzene rings is 1. The number of terminal acetylenes is 1. The molecular formula is C20H17FN6O. The molecule has 0 saturated heterocycles. The molecule has 0 aliphatic rings. The number of H-pyrrole nitrogens is 1. The van der Waals surface area contributed by atoms with Crippen LogP contribution in [0.25, 0.3) is 33.5 Å². The highest BCUT2D eigenvalue weighted by atomic mass is 19.1. The van der Waals surface area contributed by atoms with Gasteiger partial charge in [0.15, 0.2) is 5.65 Å². The third-order valence-corrected chi connectivity index (χ3v) is 4.47. The Morgan fingerprint density at radius 1 is 1.39 bits per heavy atom. The predicted molar refractivity (Wildman–Crippen MR) is 104 cm³/mol. The minimum Gasteiger partial charge on any atom is -0.344 e. The number of fused-ring (bicyclic) bond motifs is 2. The van der Waals surface area contributed by atoms with Crippen molar-refractivity contribution in [2.45, 2.75) is 19.4 Å². The number of hydrogen-bond donors (Lipinski definition) is 2. The molecule has 4 aromatic rings. The van der Waals surface area contributed by atoms with Crippen LogP contribution >= 0.6 is 0 Å². The number of amides is 1. The molecule has 7 nitrogen and oxygen atoms in total. The minimum absolute atomic E-state index is 0.332. The number of hydrogen-bond acceptors (Lipinski definition) is 4. The van der Waals surface area contributed by atoms with Crippen molar-refractivity contribution in [3.63, 3.8) is 0 Å². The van der Waals surface area contributed by atoms with E-state index in [1.54, 1.807) is 44.0 Å². The molecule has 0 aliphatic heterocycles. The summed E-state index contributed by atoms with van der Waals surface area (Å²) in [5, 5.41) is 7.97. The summed E-state index contributed by atoms with van der Waals surface area (Å²) >= 11 is 0. The first-order valence-corrected chi connectivity index (χ1v) is 8.56. The molecule has 0 atom stereocenters. The van der Waals surface area contributed by atoms with Crippen molar-refractivity contribution in [3.8, 4) is 23.7 Å². The summed E-state index contributed by atoms with van der Waals surface area (Å²) in [7, 11) is 1.73. The number of rotatable bonds is 3. The highest BCUT2D eigenvalue weighted by molar-refractivity contribution is 6.05. The van der Waals surface area contributed by atoms with E-state index in [0.717, 1.165) is 5.39 Å². The molecule has 4 rings (SSSR count). The van der Waals surface area contributed by atoms with Crippen LogP contribution in [0.1, 0.15) is 24.2 Å². The van der Waals surface area contributed by atoms with Crippen LogP contribution < -0.4 is 5.32 Å². The summed E-state index contributed by atoms with van der Waals surface area (Å²) in [5.74, 6) is 1.83. The zero-order valence-corrected chi connectivity index (χ0v) is 15.5. The van der Waals surface area contributed by atoms with Crippen molar-refractivity contribution in [2.24, 2.45) is 7.05 Å². The lowest BCUT2D eigenvalue weighted by Gasteiger charge is -2.18. The molecule has 3 aromatic heterocycles. The molecule has 8 heteroatoms. The van der Waals surface area contributed by atoms with Gasteiger partial charge >= 0.3 is 0 Å². The fourth-order valence-electron chi connectivity index (χ4n) is 2.99. The molecule has 0 aliphatic carbocycles. The van der Waals surface area contributed by atoms with Crippen molar-refractivity contribution in [1.29, 1.82) is 0 Å². The summed E-state index contributed by atoms with van der Waals surface area (Å²) in [6, 6.07) is 4.43. The van der Waals surface area contributed by atoms with E-state index in [4.69, 9.17) is 6.42 Å². The maximum absolute atomic E-state index is 13.6. The third-order valence-electron chi connectivity index (χ3n) is 4.47. The van der Waals surface area contributed by atoms with Gasteiger partial charge in [-0.3, -0.25) is 9.48 Å². The Morgan fingerprint density at radius 2 is 2.18 bits per heavy atom. The van der Waals surface area contributed by atoms with Gasteiger partial charge in [0.25, 0.3) is 5.91 Å². The molecule has 0 spiro atoms. The average Bonchev–Trinajstić information content (AvgIpc) is 3.22.